The Morgan fingerprint density at radius 3 is 2.35 bits per heavy atom. The fourth-order valence-electron chi connectivity index (χ4n) is 4.53. The van der Waals surface area contributed by atoms with Crippen molar-refractivity contribution in [1.29, 1.82) is 0 Å². The number of likely N-dealkylation sites (tertiary alicyclic amines) is 1. The molecule has 2 aliphatic heterocycles. The zero-order valence-corrected chi connectivity index (χ0v) is 19.5. The van der Waals surface area contributed by atoms with Gasteiger partial charge in [0.2, 0.25) is 21.8 Å². The molecule has 7 nitrogen and oxygen atoms in total. The van der Waals surface area contributed by atoms with Crippen LogP contribution in [0, 0.1) is 11.8 Å². The van der Waals surface area contributed by atoms with E-state index in [0.29, 0.717) is 45.3 Å². The summed E-state index contributed by atoms with van der Waals surface area (Å²) in [6.45, 7) is 4.70. The molecule has 0 saturated carbocycles. The molecule has 1 unspecified atom stereocenters. The normalized spacial score (nSPS) is 21.1. The van der Waals surface area contributed by atoms with Crippen LogP contribution in [0.2, 0.25) is 0 Å². The van der Waals surface area contributed by atoms with Crippen LogP contribution in [0.5, 0.6) is 0 Å². The molecule has 2 amide bonds. The van der Waals surface area contributed by atoms with Gasteiger partial charge in [0.25, 0.3) is 0 Å². The van der Waals surface area contributed by atoms with Gasteiger partial charge in [-0.3, -0.25) is 9.59 Å². The number of hydrogen-bond donors (Lipinski definition) is 0. The number of unbranched alkanes of at least 4 members (excludes halogenated alkanes) is 1. The summed E-state index contributed by atoms with van der Waals surface area (Å²) in [5.74, 6) is -0.129. The average molecular weight is 450 g/mol. The predicted octanol–water partition coefficient (Wildman–Crippen LogP) is 2.58. The van der Waals surface area contributed by atoms with Crippen molar-refractivity contribution in [3.05, 3.63) is 30.3 Å². The van der Waals surface area contributed by atoms with Crippen LogP contribution in [-0.2, 0) is 19.6 Å². The quantitative estimate of drug-likeness (QED) is 0.641. The second-order valence-corrected chi connectivity index (χ2v) is 10.7. The highest BCUT2D eigenvalue weighted by Gasteiger charge is 2.37. The molecule has 0 aliphatic carbocycles. The van der Waals surface area contributed by atoms with Gasteiger partial charge in [0.15, 0.2) is 0 Å². The van der Waals surface area contributed by atoms with Crippen LogP contribution >= 0.6 is 0 Å². The zero-order chi connectivity index (χ0) is 22.4. The van der Waals surface area contributed by atoms with Gasteiger partial charge < -0.3 is 9.80 Å². The number of benzene rings is 1. The van der Waals surface area contributed by atoms with E-state index in [1.54, 1.807) is 30.3 Å². The first kappa shape index (κ1) is 23.7. The molecule has 2 fully saturated rings. The summed E-state index contributed by atoms with van der Waals surface area (Å²) in [5, 5.41) is 0. The smallest absolute Gasteiger partial charge is 0.243 e. The number of carbonyl (C=O) groups is 2. The Kier molecular flexibility index (Phi) is 8.11. The van der Waals surface area contributed by atoms with E-state index in [0.717, 1.165) is 19.4 Å². The minimum Gasteiger partial charge on any atom is -0.346 e. The number of amides is 2. The second kappa shape index (κ2) is 10.6. The number of piperidine rings is 2. The van der Waals surface area contributed by atoms with Gasteiger partial charge in [-0.1, -0.05) is 31.5 Å². The van der Waals surface area contributed by atoms with Gasteiger partial charge in [0, 0.05) is 45.7 Å². The molecule has 2 saturated heterocycles. The molecule has 0 spiro atoms. The Morgan fingerprint density at radius 2 is 1.71 bits per heavy atom. The topological polar surface area (TPSA) is 78.0 Å². The lowest BCUT2D eigenvalue weighted by Gasteiger charge is -2.37. The molecule has 172 valence electrons. The third-order valence-electron chi connectivity index (χ3n) is 6.49. The highest BCUT2D eigenvalue weighted by Crippen LogP contribution is 2.27. The first-order chi connectivity index (χ1) is 14.8. The van der Waals surface area contributed by atoms with Gasteiger partial charge in [-0.25, -0.2) is 8.42 Å². The van der Waals surface area contributed by atoms with E-state index in [2.05, 4.69) is 6.92 Å². The third-order valence-corrected chi connectivity index (χ3v) is 8.37. The Balaban J connectivity index is 1.56. The van der Waals surface area contributed by atoms with E-state index >= 15 is 0 Å². The van der Waals surface area contributed by atoms with Gasteiger partial charge in [0.1, 0.15) is 0 Å². The molecule has 0 bridgehead atoms. The summed E-state index contributed by atoms with van der Waals surface area (Å²) >= 11 is 0. The van der Waals surface area contributed by atoms with Gasteiger partial charge >= 0.3 is 0 Å². The zero-order valence-electron chi connectivity index (χ0n) is 18.7. The van der Waals surface area contributed by atoms with Crippen molar-refractivity contribution in [2.75, 3.05) is 39.8 Å². The first-order valence-corrected chi connectivity index (χ1v) is 12.9. The highest BCUT2D eigenvalue weighted by atomic mass is 32.2. The van der Waals surface area contributed by atoms with Crippen LogP contribution in [-0.4, -0.2) is 74.1 Å². The van der Waals surface area contributed by atoms with Crippen LogP contribution in [0.1, 0.15) is 45.4 Å². The maximum Gasteiger partial charge on any atom is 0.243 e. The predicted molar refractivity (Wildman–Crippen MR) is 120 cm³/mol. The SMILES string of the molecule is CCCCN(C)C(=O)C1CCN(C(=O)C2CCCN(S(=O)(=O)c3ccccc3)C2)CC1. The summed E-state index contributed by atoms with van der Waals surface area (Å²) in [5.41, 5.74) is 0. The van der Waals surface area contributed by atoms with Crippen molar-refractivity contribution in [2.24, 2.45) is 11.8 Å². The minimum atomic E-state index is -3.58. The van der Waals surface area contributed by atoms with Crippen LogP contribution in [0.4, 0.5) is 0 Å². The maximum absolute atomic E-state index is 13.1. The van der Waals surface area contributed by atoms with E-state index in [-0.39, 0.29) is 35.1 Å². The van der Waals surface area contributed by atoms with E-state index < -0.39 is 10.0 Å². The minimum absolute atomic E-state index is 0.0211. The maximum atomic E-state index is 13.1. The molecule has 1 aromatic carbocycles. The summed E-state index contributed by atoms with van der Waals surface area (Å²) in [7, 11) is -1.72. The lowest BCUT2D eigenvalue weighted by molar-refractivity contribution is -0.142. The number of nitrogens with zero attached hydrogens (tertiary/aromatic N) is 3. The molecule has 2 heterocycles. The third kappa shape index (κ3) is 5.66. The lowest BCUT2D eigenvalue weighted by Crippen LogP contribution is -2.49. The number of rotatable bonds is 7. The number of sulfonamides is 1. The van der Waals surface area contributed by atoms with Crippen molar-refractivity contribution in [1.82, 2.24) is 14.1 Å². The van der Waals surface area contributed by atoms with Gasteiger partial charge in [0.05, 0.1) is 10.8 Å². The molecule has 0 aromatic heterocycles. The summed E-state index contributed by atoms with van der Waals surface area (Å²) in [4.78, 5) is 29.7. The van der Waals surface area contributed by atoms with E-state index in [9.17, 15) is 18.0 Å². The summed E-state index contributed by atoms with van der Waals surface area (Å²) in [6, 6.07) is 8.41. The Hall–Kier alpha value is -1.93. The van der Waals surface area contributed by atoms with Crippen LogP contribution in [0.3, 0.4) is 0 Å². The number of carbonyl (C=O) groups excluding carboxylic acids is 2. The van der Waals surface area contributed by atoms with Crippen LogP contribution in [0.25, 0.3) is 0 Å². The van der Waals surface area contributed by atoms with Crippen molar-refractivity contribution in [3.8, 4) is 0 Å². The molecule has 3 rings (SSSR count). The molecular formula is C23H35N3O4S. The van der Waals surface area contributed by atoms with Gasteiger partial charge in [-0.2, -0.15) is 4.31 Å². The molecule has 0 radical (unpaired) electrons. The fourth-order valence-corrected chi connectivity index (χ4v) is 6.07. The average Bonchev–Trinajstić information content (AvgIpc) is 2.82. The van der Waals surface area contributed by atoms with Crippen molar-refractivity contribution >= 4 is 21.8 Å². The highest BCUT2D eigenvalue weighted by molar-refractivity contribution is 7.89. The first-order valence-electron chi connectivity index (χ1n) is 11.4. The lowest BCUT2D eigenvalue weighted by atomic mass is 9.92. The van der Waals surface area contributed by atoms with Crippen LogP contribution in [0.15, 0.2) is 35.2 Å². The van der Waals surface area contributed by atoms with Crippen molar-refractivity contribution in [2.45, 2.75) is 50.3 Å². The van der Waals surface area contributed by atoms with Crippen molar-refractivity contribution < 1.29 is 18.0 Å². The largest absolute Gasteiger partial charge is 0.346 e. The standard InChI is InChI=1S/C23H35N3O4S/c1-3-4-14-24(2)22(27)19-12-16-25(17-13-19)23(28)20-9-8-15-26(18-20)31(29,30)21-10-6-5-7-11-21/h5-7,10-11,19-20H,3-4,8-9,12-18H2,1-2H3. The monoisotopic (exact) mass is 449 g/mol. The van der Waals surface area contributed by atoms with Crippen LogP contribution < -0.4 is 0 Å². The molecule has 8 heteroatoms. The molecule has 1 aromatic rings. The molecule has 31 heavy (non-hydrogen) atoms. The summed E-state index contributed by atoms with van der Waals surface area (Å²) < 4.78 is 27.3. The molecular weight excluding hydrogens is 414 g/mol. The molecule has 1 atom stereocenters. The second-order valence-electron chi connectivity index (χ2n) is 8.73. The van der Waals surface area contributed by atoms with Crippen molar-refractivity contribution in [3.63, 3.8) is 0 Å². The van der Waals surface area contributed by atoms with E-state index in [4.69, 9.17) is 0 Å². The Morgan fingerprint density at radius 1 is 1.03 bits per heavy atom. The van der Waals surface area contributed by atoms with E-state index in [1.807, 2.05) is 16.8 Å². The Bertz CT molecular complexity index is 851. The Labute approximate surface area is 186 Å². The molecule has 0 N–H and O–H groups in total. The fraction of sp³-hybridized carbons (Fsp3) is 0.652. The molecule has 2 aliphatic rings. The van der Waals surface area contributed by atoms with Gasteiger partial charge in [-0.15, -0.1) is 0 Å². The number of hydrogen-bond acceptors (Lipinski definition) is 4. The summed E-state index contributed by atoms with van der Waals surface area (Å²) in [6.07, 6.45) is 4.81. The van der Waals surface area contributed by atoms with E-state index in [1.165, 1.54) is 4.31 Å². The van der Waals surface area contributed by atoms with Gasteiger partial charge in [-0.05, 0) is 44.2 Å².